The van der Waals surface area contributed by atoms with E-state index < -0.39 is 0 Å². The maximum atomic E-state index is 9.01. The second-order valence-electron chi connectivity index (χ2n) is 8.39. The Morgan fingerprint density at radius 2 is 1.69 bits per heavy atom. The van der Waals surface area contributed by atoms with Gasteiger partial charge in [-0.15, -0.1) is 12.4 Å². The summed E-state index contributed by atoms with van der Waals surface area (Å²) in [5.41, 5.74) is 5.67. The van der Waals surface area contributed by atoms with Crippen LogP contribution in [0.4, 0.5) is 11.4 Å². The number of hydrogen-bond donors (Lipinski definition) is 0. The van der Waals surface area contributed by atoms with E-state index in [-0.39, 0.29) is 12.4 Å². The molecule has 0 spiro atoms. The predicted molar refractivity (Wildman–Crippen MR) is 131 cm³/mol. The third-order valence-corrected chi connectivity index (χ3v) is 6.48. The smallest absolute Gasteiger partial charge is 0.143 e. The Hall–Kier alpha value is -3.00. The molecular weight excluding hydrogens is 418 g/mol. The van der Waals surface area contributed by atoms with Crippen molar-refractivity contribution in [3.8, 4) is 11.8 Å². The molecule has 1 saturated heterocycles. The molecule has 0 aliphatic carbocycles. The molecule has 0 radical (unpaired) electrons. The predicted octanol–water partition coefficient (Wildman–Crippen LogP) is 5.72. The molecule has 0 amide bonds. The van der Waals surface area contributed by atoms with Crippen LogP contribution in [0.15, 0.2) is 72.8 Å². The molecule has 164 valence electrons. The standard InChI is InChI=1S/C27H27N3O.ClH/c28-18-22-13-11-21(12-14-22)15-17-29-16-5-7-24(29)19-30-25-8-2-1-6-23(25)20-31-27-10-4-3-9-26(27)30;/h1-4,6,8-14,24H,5,7,15-17,19-20H2;1H/t24-;/m1./s1. The van der Waals surface area contributed by atoms with E-state index in [9.17, 15) is 0 Å². The van der Waals surface area contributed by atoms with Crippen LogP contribution in [0.2, 0.25) is 0 Å². The first-order valence-corrected chi connectivity index (χ1v) is 11.1. The lowest BCUT2D eigenvalue weighted by molar-refractivity contribution is 0.261. The molecule has 2 heterocycles. The number of fused-ring (bicyclic) bond motifs is 2. The molecule has 2 aliphatic heterocycles. The highest BCUT2D eigenvalue weighted by Gasteiger charge is 2.29. The van der Waals surface area contributed by atoms with Gasteiger partial charge in [0.1, 0.15) is 12.4 Å². The Labute approximate surface area is 196 Å². The van der Waals surface area contributed by atoms with Gasteiger partial charge >= 0.3 is 0 Å². The van der Waals surface area contributed by atoms with Crippen LogP contribution < -0.4 is 9.64 Å². The topological polar surface area (TPSA) is 39.5 Å². The highest BCUT2D eigenvalue weighted by atomic mass is 35.5. The van der Waals surface area contributed by atoms with Crippen LogP contribution in [0.1, 0.15) is 29.5 Å². The second kappa shape index (κ2) is 10.1. The quantitative estimate of drug-likeness (QED) is 0.503. The molecule has 1 atom stereocenters. The van der Waals surface area contributed by atoms with Crippen LogP contribution in [-0.4, -0.2) is 30.6 Å². The number of halogens is 1. The minimum atomic E-state index is 0. The van der Waals surface area contributed by atoms with Crippen LogP contribution in [0, 0.1) is 11.3 Å². The molecule has 4 nitrogen and oxygen atoms in total. The monoisotopic (exact) mass is 445 g/mol. The van der Waals surface area contributed by atoms with E-state index in [2.05, 4.69) is 70.5 Å². The Morgan fingerprint density at radius 3 is 2.50 bits per heavy atom. The number of benzene rings is 3. The lowest BCUT2D eigenvalue weighted by Crippen LogP contribution is -2.39. The van der Waals surface area contributed by atoms with Crippen molar-refractivity contribution in [2.45, 2.75) is 31.9 Å². The SMILES string of the molecule is Cl.N#Cc1ccc(CCN2CCC[C@@H]2CN2c3ccccc3COc3ccccc32)cc1. The van der Waals surface area contributed by atoms with Gasteiger partial charge in [-0.25, -0.2) is 0 Å². The van der Waals surface area contributed by atoms with Gasteiger partial charge in [0, 0.05) is 30.4 Å². The first-order valence-electron chi connectivity index (χ1n) is 11.1. The van der Waals surface area contributed by atoms with E-state index in [1.54, 1.807) is 0 Å². The number of anilines is 2. The number of ether oxygens (including phenoxy) is 1. The molecule has 1 fully saturated rings. The molecule has 3 aromatic rings. The van der Waals surface area contributed by atoms with Crippen molar-refractivity contribution < 1.29 is 4.74 Å². The maximum Gasteiger partial charge on any atom is 0.143 e. The van der Waals surface area contributed by atoms with Gasteiger partial charge in [-0.2, -0.15) is 5.26 Å². The summed E-state index contributed by atoms with van der Waals surface area (Å²) in [4.78, 5) is 5.09. The summed E-state index contributed by atoms with van der Waals surface area (Å²) in [5, 5.41) is 9.01. The van der Waals surface area contributed by atoms with E-state index >= 15 is 0 Å². The fourth-order valence-corrected chi connectivity index (χ4v) is 4.81. The van der Waals surface area contributed by atoms with E-state index in [1.165, 1.54) is 29.7 Å². The van der Waals surface area contributed by atoms with Crippen LogP contribution in [0.5, 0.6) is 5.75 Å². The third-order valence-electron chi connectivity index (χ3n) is 6.48. The normalized spacial score (nSPS) is 17.3. The van der Waals surface area contributed by atoms with Crippen LogP contribution >= 0.6 is 12.4 Å². The van der Waals surface area contributed by atoms with Gasteiger partial charge in [0.25, 0.3) is 0 Å². The number of nitrogens with zero attached hydrogens (tertiary/aromatic N) is 3. The fraction of sp³-hybridized carbons (Fsp3) is 0.296. The lowest BCUT2D eigenvalue weighted by atomic mass is 10.1. The number of likely N-dealkylation sites (tertiary alicyclic amines) is 1. The van der Waals surface area contributed by atoms with Crippen molar-refractivity contribution in [1.29, 1.82) is 5.26 Å². The molecule has 5 rings (SSSR count). The molecule has 0 bridgehead atoms. The maximum absolute atomic E-state index is 9.01. The average Bonchev–Trinajstić information content (AvgIpc) is 3.21. The Kier molecular flexibility index (Phi) is 6.99. The Balaban J connectivity index is 0.00000245. The minimum Gasteiger partial charge on any atom is -0.487 e. The molecule has 0 N–H and O–H groups in total. The third kappa shape index (κ3) is 4.60. The minimum absolute atomic E-state index is 0. The molecule has 0 aromatic heterocycles. The van der Waals surface area contributed by atoms with Crippen molar-refractivity contribution >= 4 is 23.8 Å². The number of para-hydroxylation sites is 3. The largest absolute Gasteiger partial charge is 0.487 e. The van der Waals surface area contributed by atoms with E-state index in [0.29, 0.717) is 12.6 Å². The summed E-state index contributed by atoms with van der Waals surface area (Å²) >= 11 is 0. The molecule has 5 heteroatoms. The molecule has 2 aliphatic rings. The van der Waals surface area contributed by atoms with Crippen LogP contribution in [0.3, 0.4) is 0 Å². The van der Waals surface area contributed by atoms with Gasteiger partial charge in [0.2, 0.25) is 0 Å². The van der Waals surface area contributed by atoms with E-state index in [4.69, 9.17) is 10.00 Å². The summed E-state index contributed by atoms with van der Waals surface area (Å²) in [5.74, 6) is 0.959. The number of hydrogen-bond acceptors (Lipinski definition) is 4. The van der Waals surface area contributed by atoms with Crippen LogP contribution in [-0.2, 0) is 13.0 Å². The molecule has 0 unspecified atom stereocenters. The van der Waals surface area contributed by atoms with Gasteiger partial charge in [0.15, 0.2) is 0 Å². The van der Waals surface area contributed by atoms with Crippen molar-refractivity contribution in [2.24, 2.45) is 0 Å². The van der Waals surface area contributed by atoms with Crippen LogP contribution in [0.25, 0.3) is 0 Å². The average molecular weight is 446 g/mol. The number of nitriles is 1. The van der Waals surface area contributed by atoms with Gasteiger partial charge in [-0.1, -0.05) is 42.5 Å². The second-order valence-corrected chi connectivity index (χ2v) is 8.39. The van der Waals surface area contributed by atoms with Gasteiger partial charge in [-0.05, 0) is 61.7 Å². The number of rotatable bonds is 5. The summed E-state index contributed by atoms with van der Waals surface area (Å²) in [6, 6.07) is 27.7. The van der Waals surface area contributed by atoms with Crippen molar-refractivity contribution in [2.75, 3.05) is 24.5 Å². The van der Waals surface area contributed by atoms with Gasteiger partial charge in [0.05, 0.1) is 17.3 Å². The van der Waals surface area contributed by atoms with Crippen molar-refractivity contribution in [3.63, 3.8) is 0 Å². The van der Waals surface area contributed by atoms with Gasteiger partial charge < -0.3 is 9.64 Å². The summed E-state index contributed by atoms with van der Waals surface area (Å²) < 4.78 is 6.14. The molecule has 0 saturated carbocycles. The zero-order valence-corrected chi connectivity index (χ0v) is 18.9. The lowest BCUT2D eigenvalue weighted by Gasteiger charge is -2.32. The van der Waals surface area contributed by atoms with Crippen molar-refractivity contribution in [1.82, 2.24) is 4.90 Å². The highest BCUT2D eigenvalue weighted by Crippen LogP contribution is 2.40. The summed E-state index contributed by atoms with van der Waals surface area (Å²) in [6.45, 7) is 3.76. The Morgan fingerprint density at radius 1 is 0.938 bits per heavy atom. The highest BCUT2D eigenvalue weighted by molar-refractivity contribution is 5.85. The fourth-order valence-electron chi connectivity index (χ4n) is 4.81. The van der Waals surface area contributed by atoms with E-state index in [0.717, 1.165) is 43.1 Å². The van der Waals surface area contributed by atoms with Crippen molar-refractivity contribution in [3.05, 3.63) is 89.5 Å². The Bertz CT molecular complexity index is 1050. The first kappa shape index (κ1) is 22.2. The molecular formula is C27H28ClN3O. The molecule has 32 heavy (non-hydrogen) atoms. The zero-order valence-electron chi connectivity index (χ0n) is 18.1. The summed E-state index contributed by atoms with van der Waals surface area (Å²) in [6.07, 6.45) is 3.47. The first-order chi connectivity index (χ1) is 15.3. The zero-order chi connectivity index (χ0) is 21.0. The molecule has 3 aromatic carbocycles. The summed E-state index contributed by atoms with van der Waals surface area (Å²) in [7, 11) is 0. The van der Waals surface area contributed by atoms with Gasteiger partial charge in [-0.3, -0.25) is 4.90 Å². The van der Waals surface area contributed by atoms with E-state index in [1.807, 2.05) is 18.2 Å².